The number of aromatic nitrogens is 4. The van der Waals surface area contributed by atoms with E-state index in [2.05, 4.69) is 28.5 Å². The molecule has 0 amide bonds. The zero-order chi connectivity index (χ0) is 24.0. The summed E-state index contributed by atoms with van der Waals surface area (Å²) in [4.78, 5) is 9.80. The molecule has 0 atom stereocenters. The van der Waals surface area contributed by atoms with Crippen molar-refractivity contribution in [3.63, 3.8) is 0 Å². The van der Waals surface area contributed by atoms with E-state index < -0.39 is 0 Å². The highest BCUT2D eigenvalue weighted by atomic mass is 19.1. The Morgan fingerprint density at radius 2 is 1.77 bits per heavy atom. The number of quaternary nitrogens is 1. The number of nitrogens with one attached hydrogen (secondary N) is 2. The Hall–Kier alpha value is -3.88. The van der Waals surface area contributed by atoms with Crippen molar-refractivity contribution >= 4 is 39.3 Å². The second-order valence-corrected chi connectivity index (χ2v) is 9.01. The van der Waals surface area contributed by atoms with Crippen LogP contribution < -0.4 is 15.5 Å². The van der Waals surface area contributed by atoms with Crippen LogP contribution in [0.1, 0.15) is 12.5 Å². The van der Waals surface area contributed by atoms with Crippen molar-refractivity contribution in [1.29, 1.82) is 0 Å². The first-order valence-corrected chi connectivity index (χ1v) is 12.0. The number of aromatic amines is 1. The third-order valence-electron chi connectivity index (χ3n) is 7.07. The van der Waals surface area contributed by atoms with E-state index in [9.17, 15) is 4.39 Å². The van der Waals surface area contributed by atoms with Crippen LogP contribution in [-0.4, -0.2) is 46.3 Å². The monoisotopic (exact) mass is 468 g/mol. The molecule has 8 heteroatoms. The van der Waals surface area contributed by atoms with E-state index >= 15 is 0 Å². The second-order valence-electron chi connectivity index (χ2n) is 9.01. The Morgan fingerprint density at radius 3 is 2.54 bits per heavy atom. The Balaban J connectivity index is 1.62. The quantitative estimate of drug-likeness (QED) is 0.333. The maximum atomic E-state index is 13.9. The van der Waals surface area contributed by atoms with Crippen molar-refractivity contribution in [3.8, 4) is 11.3 Å². The van der Waals surface area contributed by atoms with Crippen molar-refractivity contribution in [3.05, 3.63) is 72.0 Å². The van der Waals surface area contributed by atoms with Crippen molar-refractivity contribution in [2.45, 2.75) is 13.3 Å². The summed E-state index contributed by atoms with van der Waals surface area (Å²) in [5.41, 5.74) is 12.6. The van der Waals surface area contributed by atoms with E-state index in [1.165, 1.54) is 12.1 Å². The molecular formula is C27H27FN7+. The largest absolute Gasteiger partial charge is 0.382 e. The number of aryl methyl sites for hydroxylation is 1. The molecule has 0 bridgehead atoms. The first-order valence-electron chi connectivity index (χ1n) is 12.0. The lowest BCUT2D eigenvalue weighted by molar-refractivity contribution is 0.323. The number of H-pyrrole nitrogens is 1. The van der Waals surface area contributed by atoms with Gasteiger partial charge in [-0.05, 0) is 24.6 Å². The van der Waals surface area contributed by atoms with E-state index in [0.717, 1.165) is 71.7 Å². The van der Waals surface area contributed by atoms with Gasteiger partial charge in [-0.3, -0.25) is 0 Å². The van der Waals surface area contributed by atoms with Crippen molar-refractivity contribution < 1.29 is 4.39 Å². The van der Waals surface area contributed by atoms with Gasteiger partial charge in [-0.25, -0.2) is 23.9 Å². The second kappa shape index (κ2) is 8.41. The molecule has 3 heterocycles. The fourth-order valence-corrected chi connectivity index (χ4v) is 5.40. The lowest BCUT2D eigenvalue weighted by atomic mass is 10.0. The molecule has 0 spiro atoms. The number of hydrogen-bond acceptors (Lipinski definition) is 5. The maximum Gasteiger partial charge on any atom is 0.236 e. The highest BCUT2D eigenvalue weighted by Crippen LogP contribution is 2.42. The zero-order valence-electron chi connectivity index (χ0n) is 19.6. The molecule has 1 saturated heterocycles. The summed E-state index contributed by atoms with van der Waals surface area (Å²) in [6, 6.07) is 18.9. The van der Waals surface area contributed by atoms with E-state index in [1.807, 2.05) is 42.5 Å². The number of nitrogens with two attached hydrogens (primary N) is 1. The summed E-state index contributed by atoms with van der Waals surface area (Å²) in [7, 11) is 0. The van der Waals surface area contributed by atoms with Gasteiger partial charge in [0.1, 0.15) is 35.8 Å². The molecule has 1 aliphatic heterocycles. The lowest BCUT2D eigenvalue weighted by Crippen LogP contribution is -2.57. The number of piperazine rings is 1. The Bertz CT molecular complexity index is 1540. The zero-order valence-corrected chi connectivity index (χ0v) is 19.6. The van der Waals surface area contributed by atoms with Crippen LogP contribution in [0.5, 0.6) is 0 Å². The molecule has 0 unspecified atom stereocenters. The lowest BCUT2D eigenvalue weighted by Gasteiger charge is -2.40. The van der Waals surface area contributed by atoms with Crippen LogP contribution in [0.25, 0.3) is 33.2 Å². The van der Waals surface area contributed by atoms with E-state index in [4.69, 9.17) is 15.7 Å². The van der Waals surface area contributed by atoms with Gasteiger partial charge in [-0.2, -0.15) is 5.10 Å². The first-order chi connectivity index (χ1) is 17.1. The van der Waals surface area contributed by atoms with Gasteiger partial charge in [0.15, 0.2) is 5.82 Å². The summed E-state index contributed by atoms with van der Waals surface area (Å²) in [6.45, 7) is 5.52. The molecule has 0 radical (unpaired) electrons. The van der Waals surface area contributed by atoms with Crippen LogP contribution in [0.15, 0.2) is 60.7 Å². The molecule has 6 rings (SSSR count). The topological polar surface area (TPSA) is 92.5 Å². The van der Waals surface area contributed by atoms with Gasteiger partial charge in [0.2, 0.25) is 5.82 Å². The van der Waals surface area contributed by atoms with Gasteiger partial charge >= 0.3 is 0 Å². The van der Waals surface area contributed by atoms with Gasteiger partial charge < -0.3 is 11.1 Å². The summed E-state index contributed by atoms with van der Waals surface area (Å²) in [5, 5.41) is 12.2. The molecule has 35 heavy (non-hydrogen) atoms. The van der Waals surface area contributed by atoms with Crippen molar-refractivity contribution in [2.75, 3.05) is 31.9 Å². The molecule has 0 aliphatic carbocycles. The number of hydrogen-bond donors (Lipinski definition) is 3. The molecular weight excluding hydrogens is 441 g/mol. The number of nitrogen functional groups attached to an aromatic ring is 1. The van der Waals surface area contributed by atoms with Crippen LogP contribution in [0, 0.1) is 5.82 Å². The first kappa shape index (κ1) is 21.6. The van der Waals surface area contributed by atoms with Crippen LogP contribution in [-0.2, 0) is 6.42 Å². The molecule has 1 fully saturated rings. The number of fused-ring (bicyclic) bond motifs is 2. The van der Waals surface area contributed by atoms with Crippen molar-refractivity contribution in [1.82, 2.24) is 30.0 Å². The molecule has 4 N–H and O–H groups in total. The fraction of sp³-hybridized carbons (Fsp3) is 0.222. The molecule has 3 aromatic carbocycles. The fourth-order valence-electron chi connectivity index (χ4n) is 5.40. The van der Waals surface area contributed by atoms with Crippen molar-refractivity contribution in [2.24, 2.45) is 0 Å². The summed E-state index contributed by atoms with van der Waals surface area (Å²) in [6.07, 6.45) is 0.785. The minimum atomic E-state index is -0.288. The molecule has 2 aromatic heterocycles. The number of rotatable bonds is 4. The smallest absolute Gasteiger partial charge is 0.236 e. The minimum absolute atomic E-state index is 0.288. The van der Waals surface area contributed by atoms with E-state index in [-0.39, 0.29) is 5.82 Å². The maximum absolute atomic E-state index is 13.9. The Morgan fingerprint density at radius 1 is 0.971 bits per heavy atom. The molecule has 1 aliphatic rings. The van der Waals surface area contributed by atoms with E-state index in [0.29, 0.717) is 21.5 Å². The minimum Gasteiger partial charge on any atom is -0.382 e. The third-order valence-corrected chi connectivity index (χ3v) is 7.07. The third kappa shape index (κ3) is 3.45. The van der Waals surface area contributed by atoms with Crippen LogP contribution >= 0.6 is 0 Å². The molecule has 0 saturated carbocycles. The van der Waals surface area contributed by atoms with E-state index in [1.54, 1.807) is 0 Å². The Kier molecular flexibility index (Phi) is 5.20. The summed E-state index contributed by atoms with van der Waals surface area (Å²) in [5.74, 6) is 1.11. The predicted octanol–water partition coefficient (Wildman–Crippen LogP) is 4.70. The van der Waals surface area contributed by atoms with Gasteiger partial charge in [-0.1, -0.05) is 37.3 Å². The number of anilines is 1. The standard InChI is InChI=1S/C27H27FN7/c1-2-19-23(11-10-21-25(19)32-24(26(29)31-21)17-6-4-3-5-7-17)35(14-12-30-13-15-35)27-20-9-8-18(28)16-22(20)33-34-27/h3-11,16,30H,2,12-15H2,1H3,(H2,29,31)(H,33,34)/q+1. The summed E-state index contributed by atoms with van der Waals surface area (Å²) >= 11 is 0. The van der Waals surface area contributed by atoms with Gasteiger partial charge in [0, 0.05) is 36.3 Å². The predicted molar refractivity (Wildman–Crippen MR) is 139 cm³/mol. The molecule has 5 aromatic rings. The number of benzene rings is 3. The average molecular weight is 469 g/mol. The molecule has 176 valence electrons. The normalized spacial score (nSPS) is 15.6. The van der Waals surface area contributed by atoms with Gasteiger partial charge in [-0.15, -0.1) is 0 Å². The Labute approximate surface area is 202 Å². The number of halogens is 1. The highest BCUT2D eigenvalue weighted by molar-refractivity contribution is 5.93. The van der Waals surface area contributed by atoms with Gasteiger partial charge in [0.25, 0.3) is 0 Å². The van der Waals surface area contributed by atoms with Gasteiger partial charge in [0.05, 0.1) is 16.4 Å². The molecule has 7 nitrogen and oxygen atoms in total. The SMILES string of the molecule is CCc1c([N+]2(c3[nH]nc4cc(F)ccc34)CCNCC2)ccc2nc(N)c(-c3ccccc3)nc12. The number of nitrogens with zero attached hydrogens (tertiary/aromatic N) is 4. The summed E-state index contributed by atoms with van der Waals surface area (Å²) < 4.78 is 14.5. The highest BCUT2D eigenvalue weighted by Gasteiger charge is 2.40. The average Bonchev–Trinajstić information content (AvgIpc) is 3.32. The van der Waals surface area contributed by atoms with Crippen LogP contribution in [0.4, 0.5) is 21.7 Å². The van der Waals surface area contributed by atoms with Crippen LogP contribution in [0.2, 0.25) is 0 Å². The van der Waals surface area contributed by atoms with Crippen LogP contribution in [0.3, 0.4) is 0 Å².